The first-order valence-corrected chi connectivity index (χ1v) is 22.2. The molecule has 0 saturated carbocycles. The second kappa shape index (κ2) is 24.7. The largest absolute Gasteiger partial charge is 0.362 e. The maximum absolute atomic E-state index is 5.80. The minimum atomic E-state index is 0.590. The molecule has 0 aliphatic carbocycles. The van der Waals surface area contributed by atoms with Crippen molar-refractivity contribution in [2.24, 2.45) is 17.8 Å². The zero-order chi connectivity index (χ0) is 41.0. The third-order valence-electron chi connectivity index (χ3n) is 10.2. The van der Waals surface area contributed by atoms with E-state index in [9.17, 15) is 0 Å². The summed E-state index contributed by atoms with van der Waals surface area (Å²) in [5, 5.41) is 22.8. The van der Waals surface area contributed by atoms with Crippen LogP contribution in [0.25, 0.3) is 0 Å². The molecule has 0 unspecified atom stereocenters. The van der Waals surface area contributed by atoms with Crippen LogP contribution in [-0.4, -0.2) is 35.0 Å². The molecule has 0 aliphatic rings. The fourth-order valence-electron chi connectivity index (χ4n) is 7.20. The highest BCUT2D eigenvalue weighted by molar-refractivity contribution is 7.80. The van der Waals surface area contributed by atoms with Gasteiger partial charge in [0.05, 0.1) is 0 Å². The summed E-state index contributed by atoms with van der Waals surface area (Å²) in [6, 6.07) is 30.4. The van der Waals surface area contributed by atoms with E-state index in [0.29, 0.717) is 33.1 Å². The van der Waals surface area contributed by atoms with Crippen molar-refractivity contribution in [1.82, 2.24) is 16.0 Å². The van der Waals surface area contributed by atoms with E-state index in [-0.39, 0.29) is 0 Å². The molecule has 306 valence electrons. The molecule has 0 amide bonds. The van der Waals surface area contributed by atoms with Crippen LogP contribution in [0, 0.1) is 17.8 Å². The Hall–Kier alpha value is -4.05. The van der Waals surface area contributed by atoms with Crippen LogP contribution in [0.1, 0.15) is 94.2 Å². The van der Waals surface area contributed by atoms with E-state index in [1.807, 2.05) is 91.0 Å². The molecule has 4 rings (SSSR count). The Bertz CT molecular complexity index is 1590. The maximum Gasteiger partial charge on any atom is 0.170 e. The Morgan fingerprint density at radius 3 is 0.825 bits per heavy atom. The number of benzene rings is 4. The second-order valence-electron chi connectivity index (χ2n) is 16.2. The molecule has 4 aromatic carbocycles. The number of rotatable bonds is 21. The summed E-state index contributed by atoms with van der Waals surface area (Å²) in [6.45, 7) is 16.3. The van der Waals surface area contributed by atoms with E-state index in [4.69, 9.17) is 36.7 Å². The molecule has 6 N–H and O–H groups in total. The molecule has 0 heterocycles. The summed E-state index contributed by atoms with van der Waals surface area (Å²) >= 11 is 17.4. The van der Waals surface area contributed by atoms with Crippen molar-refractivity contribution in [1.29, 1.82) is 0 Å². The summed E-state index contributed by atoms with van der Waals surface area (Å²) in [5.74, 6) is 1.77. The number of thiocarbonyl (C=S) groups is 3. The van der Waals surface area contributed by atoms with Gasteiger partial charge in [0.1, 0.15) is 0 Å². The zero-order valence-corrected chi connectivity index (χ0v) is 37.6. The maximum atomic E-state index is 5.80. The number of anilines is 3. The lowest BCUT2D eigenvalue weighted by Crippen LogP contribution is -2.32. The third kappa shape index (κ3) is 16.4. The van der Waals surface area contributed by atoms with Gasteiger partial charge in [-0.2, -0.15) is 0 Å². The number of hydrogen-bond donors (Lipinski definition) is 6. The smallest absolute Gasteiger partial charge is 0.170 e. The summed E-state index contributed by atoms with van der Waals surface area (Å²) in [7, 11) is 0. The number of para-hydroxylation sites is 3. The predicted octanol–water partition coefficient (Wildman–Crippen LogP) is 11.0. The van der Waals surface area contributed by atoms with Crippen LogP contribution >= 0.6 is 36.7 Å². The highest BCUT2D eigenvalue weighted by Gasteiger charge is 2.24. The summed E-state index contributed by atoms with van der Waals surface area (Å²) < 4.78 is 0. The second-order valence-corrected chi connectivity index (χ2v) is 17.4. The average Bonchev–Trinajstić information content (AvgIpc) is 3.17. The van der Waals surface area contributed by atoms with Gasteiger partial charge >= 0.3 is 0 Å². The van der Waals surface area contributed by atoms with E-state index in [0.717, 1.165) is 94.5 Å². The van der Waals surface area contributed by atoms with Crippen molar-refractivity contribution < 1.29 is 0 Å². The Balaban J connectivity index is 1.75. The first-order chi connectivity index (χ1) is 27.5. The fraction of sp³-hybridized carbons (Fsp3) is 0.438. The highest BCUT2D eigenvalue weighted by Crippen LogP contribution is 2.35. The van der Waals surface area contributed by atoms with Gasteiger partial charge in [-0.05, 0) is 182 Å². The lowest BCUT2D eigenvalue weighted by molar-refractivity contribution is 0.564. The minimum Gasteiger partial charge on any atom is -0.362 e. The van der Waals surface area contributed by atoms with Crippen LogP contribution in [0.3, 0.4) is 0 Å². The molecular weight excluding hydrogens is 757 g/mol. The molecule has 0 spiro atoms. The molecule has 0 aliphatic heterocycles. The molecular formula is C48H66N6S3. The van der Waals surface area contributed by atoms with Crippen molar-refractivity contribution in [2.45, 2.75) is 99.3 Å². The van der Waals surface area contributed by atoms with E-state index in [1.165, 1.54) is 33.4 Å². The Kier molecular flexibility index (Phi) is 19.7. The molecule has 4 aromatic rings. The monoisotopic (exact) mass is 822 g/mol. The quantitative estimate of drug-likeness (QED) is 0.0461. The summed E-state index contributed by atoms with van der Waals surface area (Å²) in [5.41, 5.74) is 12.1. The van der Waals surface area contributed by atoms with Crippen LogP contribution in [0.2, 0.25) is 0 Å². The van der Waals surface area contributed by atoms with Gasteiger partial charge in [0.25, 0.3) is 0 Å². The van der Waals surface area contributed by atoms with Crippen molar-refractivity contribution >= 4 is 69.1 Å². The zero-order valence-electron chi connectivity index (χ0n) is 35.1. The first kappa shape index (κ1) is 45.6. The average molecular weight is 823 g/mol. The van der Waals surface area contributed by atoms with Crippen LogP contribution < -0.4 is 31.9 Å². The summed E-state index contributed by atoms with van der Waals surface area (Å²) in [6.07, 6.45) is 9.24. The van der Waals surface area contributed by atoms with Gasteiger partial charge in [-0.25, -0.2) is 0 Å². The third-order valence-corrected chi connectivity index (χ3v) is 10.9. The van der Waals surface area contributed by atoms with Crippen LogP contribution in [0.15, 0.2) is 91.0 Å². The molecule has 57 heavy (non-hydrogen) atoms. The van der Waals surface area contributed by atoms with Crippen LogP contribution in [0.4, 0.5) is 17.1 Å². The fourth-order valence-corrected chi connectivity index (χ4v) is 7.86. The van der Waals surface area contributed by atoms with Crippen LogP contribution in [-0.2, 0) is 38.5 Å². The Morgan fingerprint density at radius 1 is 0.368 bits per heavy atom. The van der Waals surface area contributed by atoms with Gasteiger partial charge in [0, 0.05) is 36.7 Å². The molecule has 0 bridgehead atoms. The number of nitrogens with one attached hydrogen (secondary N) is 6. The molecule has 0 atom stereocenters. The van der Waals surface area contributed by atoms with Crippen molar-refractivity contribution in [3.05, 3.63) is 124 Å². The molecule has 0 aromatic heterocycles. The molecule has 6 nitrogen and oxygen atoms in total. The molecule has 0 radical (unpaired) electrons. The van der Waals surface area contributed by atoms with Gasteiger partial charge in [-0.15, -0.1) is 0 Å². The van der Waals surface area contributed by atoms with E-state index in [2.05, 4.69) is 73.4 Å². The molecule has 9 heteroatoms. The van der Waals surface area contributed by atoms with E-state index < -0.39 is 0 Å². The standard InChI is InChI=1S/C48H66N6S3/c1-34(2)22-25-40-43(28-31-49-46(55)52-37-16-10-7-11-17-37)41(26-23-35(3)4)45(30-33-51-48(57)54-39-20-14-9-15-21-39)42(27-24-36(5)6)44(40)29-32-50-47(56)53-38-18-12-8-13-19-38/h7-21,34-36H,22-33H2,1-6H3,(H2,49,52,55)(H2,50,53,56)(H2,51,54,57). The van der Waals surface area contributed by atoms with Crippen molar-refractivity contribution in [2.75, 3.05) is 35.6 Å². The molecule has 0 fully saturated rings. The highest BCUT2D eigenvalue weighted by atomic mass is 32.1. The Morgan fingerprint density at radius 2 is 0.596 bits per heavy atom. The van der Waals surface area contributed by atoms with Crippen molar-refractivity contribution in [3.63, 3.8) is 0 Å². The van der Waals surface area contributed by atoms with Gasteiger partial charge in [0.2, 0.25) is 0 Å². The van der Waals surface area contributed by atoms with Gasteiger partial charge in [0.15, 0.2) is 15.3 Å². The SMILES string of the molecule is CC(C)CCc1c(CCNC(=S)Nc2ccccc2)c(CCC(C)C)c(CCNC(=S)Nc2ccccc2)c(CCC(C)C)c1CCNC(=S)Nc1ccccc1. The summed E-state index contributed by atoms with van der Waals surface area (Å²) in [4.78, 5) is 0. The molecule has 0 saturated heterocycles. The van der Waals surface area contributed by atoms with Gasteiger partial charge in [-0.3, -0.25) is 0 Å². The number of hydrogen-bond acceptors (Lipinski definition) is 3. The topological polar surface area (TPSA) is 72.2 Å². The van der Waals surface area contributed by atoms with Gasteiger partial charge in [-0.1, -0.05) is 96.1 Å². The van der Waals surface area contributed by atoms with E-state index >= 15 is 0 Å². The lowest BCUT2D eigenvalue weighted by Gasteiger charge is -2.29. The van der Waals surface area contributed by atoms with Gasteiger partial charge < -0.3 is 31.9 Å². The Labute approximate surface area is 360 Å². The lowest BCUT2D eigenvalue weighted by atomic mass is 9.77. The van der Waals surface area contributed by atoms with Crippen LogP contribution in [0.5, 0.6) is 0 Å². The van der Waals surface area contributed by atoms with E-state index in [1.54, 1.807) is 0 Å². The first-order valence-electron chi connectivity index (χ1n) is 21.0. The minimum absolute atomic E-state index is 0.590. The normalized spacial score (nSPS) is 11.1. The predicted molar refractivity (Wildman–Crippen MR) is 259 cm³/mol. The van der Waals surface area contributed by atoms with Crippen molar-refractivity contribution in [3.8, 4) is 0 Å².